The van der Waals surface area contributed by atoms with E-state index in [1.165, 1.54) is 0 Å². The van der Waals surface area contributed by atoms with E-state index in [2.05, 4.69) is 16.7 Å². The van der Waals surface area contributed by atoms with Gasteiger partial charge in [0.2, 0.25) is 0 Å². The van der Waals surface area contributed by atoms with Crippen LogP contribution >= 0.6 is 11.6 Å². The Bertz CT molecular complexity index is 707. The van der Waals surface area contributed by atoms with Crippen LogP contribution in [0.1, 0.15) is 35.2 Å². The molecule has 4 nitrogen and oxygen atoms in total. The monoisotopic (exact) mass is 341 g/mol. The summed E-state index contributed by atoms with van der Waals surface area (Å²) in [7, 11) is 0. The van der Waals surface area contributed by atoms with E-state index in [1.807, 2.05) is 24.3 Å². The molecule has 5 heteroatoms. The molecule has 2 N–H and O–H groups in total. The standard InChI is InChI=1S/C19H20ClN3O/c20-17-9-7-16(8-10-17)19(24)23-18-6-4-5-15(13-18)14-22-12-3-1-2-11-21/h4-10,13,22H,1-3,12,14H2,(H,23,24). The van der Waals surface area contributed by atoms with E-state index in [0.717, 1.165) is 37.2 Å². The van der Waals surface area contributed by atoms with Gasteiger partial charge in [-0.2, -0.15) is 5.26 Å². The molecule has 0 spiro atoms. The molecule has 2 aromatic rings. The van der Waals surface area contributed by atoms with E-state index in [4.69, 9.17) is 16.9 Å². The molecule has 124 valence electrons. The minimum absolute atomic E-state index is 0.159. The van der Waals surface area contributed by atoms with E-state index in [1.54, 1.807) is 24.3 Å². The SMILES string of the molecule is N#CCCCCNCc1cccc(NC(=O)c2ccc(Cl)cc2)c1. The average Bonchev–Trinajstić information content (AvgIpc) is 2.59. The number of nitrogens with zero attached hydrogens (tertiary/aromatic N) is 1. The number of halogens is 1. The average molecular weight is 342 g/mol. The number of anilines is 1. The van der Waals surface area contributed by atoms with Crippen molar-refractivity contribution in [2.45, 2.75) is 25.8 Å². The Hall–Kier alpha value is -2.35. The molecule has 0 saturated carbocycles. The lowest BCUT2D eigenvalue weighted by atomic mass is 10.1. The van der Waals surface area contributed by atoms with E-state index in [0.29, 0.717) is 17.0 Å². The molecule has 2 aromatic carbocycles. The number of carbonyl (C=O) groups excluding carboxylic acids is 1. The van der Waals surface area contributed by atoms with Crippen molar-refractivity contribution in [2.24, 2.45) is 0 Å². The summed E-state index contributed by atoms with van der Waals surface area (Å²) in [4.78, 5) is 12.2. The normalized spacial score (nSPS) is 10.2. The third kappa shape index (κ3) is 6.04. The number of hydrogen-bond acceptors (Lipinski definition) is 3. The second-order valence-electron chi connectivity index (χ2n) is 5.45. The number of benzene rings is 2. The van der Waals surface area contributed by atoms with Crippen LogP contribution in [0.25, 0.3) is 0 Å². The van der Waals surface area contributed by atoms with Crippen molar-refractivity contribution in [1.82, 2.24) is 5.32 Å². The van der Waals surface area contributed by atoms with Crippen molar-refractivity contribution in [2.75, 3.05) is 11.9 Å². The molecule has 1 amide bonds. The topological polar surface area (TPSA) is 64.9 Å². The molecule has 0 radical (unpaired) electrons. The van der Waals surface area contributed by atoms with Crippen molar-refractivity contribution < 1.29 is 4.79 Å². The second kappa shape index (κ2) is 9.71. The Morgan fingerprint density at radius 1 is 1.12 bits per heavy atom. The molecular weight excluding hydrogens is 322 g/mol. The maximum Gasteiger partial charge on any atom is 0.255 e. The number of nitriles is 1. The summed E-state index contributed by atoms with van der Waals surface area (Å²) >= 11 is 5.83. The van der Waals surface area contributed by atoms with Gasteiger partial charge in [0.1, 0.15) is 0 Å². The fourth-order valence-electron chi connectivity index (χ4n) is 2.25. The first-order valence-corrected chi connectivity index (χ1v) is 8.30. The molecule has 0 heterocycles. The van der Waals surface area contributed by atoms with Crippen LogP contribution in [0.4, 0.5) is 5.69 Å². The van der Waals surface area contributed by atoms with Crippen LogP contribution in [0.15, 0.2) is 48.5 Å². The summed E-state index contributed by atoms with van der Waals surface area (Å²) in [5.41, 5.74) is 2.43. The molecular formula is C19H20ClN3O. The summed E-state index contributed by atoms with van der Waals surface area (Å²) in [6.07, 6.45) is 2.51. The minimum atomic E-state index is -0.159. The smallest absolute Gasteiger partial charge is 0.255 e. The summed E-state index contributed by atoms with van der Waals surface area (Å²) < 4.78 is 0. The van der Waals surface area contributed by atoms with Gasteiger partial charge in [-0.25, -0.2) is 0 Å². The van der Waals surface area contributed by atoms with Gasteiger partial charge in [-0.3, -0.25) is 4.79 Å². The number of unbranched alkanes of at least 4 members (excludes halogenated alkanes) is 2. The maximum absolute atomic E-state index is 12.2. The number of nitrogens with one attached hydrogen (secondary N) is 2. The predicted octanol–water partition coefficient (Wildman–Crippen LogP) is 4.38. The first-order valence-electron chi connectivity index (χ1n) is 7.92. The van der Waals surface area contributed by atoms with E-state index >= 15 is 0 Å². The lowest BCUT2D eigenvalue weighted by Gasteiger charge is -2.09. The third-order valence-corrected chi connectivity index (χ3v) is 3.76. The first-order chi connectivity index (χ1) is 11.7. The van der Waals surface area contributed by atoms with Crippen LogP contribution in [0, 0.1) is 11.3 Å². The van der Waals surface area contributed by atoms with Gasteiger partial charge in [0.25, 0.3) is 5.91 Å². The van der Waals surface area contributed by atoms with Gasteiger partial charge in [-0.15, -0.1) is 0 Å². The third-order valence-electron chi connectivity index (χ3n) is 3.51. The lowest BCUT2D eigenvalue weighted by molar-refractivity contribution is 0.102. The Labute approximate surface area is 147 Å². The van der Waals surface area contributed by atoms with Gasteiger partial charge in [-0.05, 0) is 61.3 Å². The fourth-order valence-corrected chi connectivity index (χ4v) is 2.38. The van der Waals surface area contributed by atoms with E-state index in [-0.39, 0.29) is 5.91 Å². The van der Waals surface area contributed by atoms with Crippen LogP contribution in [0.3, 0.4) is 0 Å². The first kappa shape index (κ1) is 18.0. The largest absolute Gasteiger partial charge is 0.322 e. The summed E-state index contributed by atoms with van der Waals surface area (Å²) in [5, 5.41) is 15.3. The van der Waals surface area contributed by atoms with Gasteiger partial charge in [-0.1, -0.05) is 23.7 Å². The number of rotatable bonds is 8. The summed E-state index contributed by atoms with van der Waals surface area (Å²) in [6, 6.07) is 16.7. The van der Waals surface area contributed by atoms with E-state index in [9.17, 15) is 4.79 Å². The highest BCUT2D eigenvalue weighted by Gasteiger charge is 2.06. The highest BCUT2D eigenvalue weighted by atomic mass is 35.5. The fraction of sp³-hybridized carbons (Fsp3) is 0.263. The zero-order valence-corrected chi connectivity index (χ0v) is 14.1. The highest BCUT2D eigenvalue weighted by Crippen LogP contribution is 2.14. The minimum Gasteiger partial charge on any atom is -0.322 e. The Morgan fingerprint density at radius 3 is 2.67 bits per heavy atom. The molecule has 0 fully saturated rings. The molecule has 0 aliphatic rings. The number of amides is 1. The molecule has 0 unspecified atom stereocenters. The van der Waals surface area contributed by atoms with E-state index < -0.39 is 0 Å². The van der Waals surface area contributed by atoms with Crippen LogP contribution in [-0.4, -0.2) is 12.5 Å². The molecule has 0 aromatic heterocycles. The van der Waals surface area contributed by atoms with Gasteiger partial charge in [0.15, 0.2) is 0 Å². The molecule has 0 saturated heterocycles. The zero-order chi connectivity index (χ0) is 17.2. The Kier molecular flexibility index (Phi) is 7.28. The molecule has 0 atom stereocenters. The van der Waals surface area contributed by atoms with Gasteiger partial charge < -0.3 is 10.6 Å². The van der Waals surface area contributed by atoms with Crippen molar-refractivity contribution in [3.05, 3.63) is 64.7 Å². The molecule has 0 aliphatic heterocycles. The summed E-state index contributed by atoms with van der Waals surface area (Å²) in [5.74, 6) is -0.159. The van der Waals surface area contributed by atoms with Gasteiger partial charge in [0, 0.05) is 29.2 Å². The van der Waals surface area contributed by atoms with Crippen LogP contribution in [0.5, 0.6) is 0 Å². The quantitative estimate of drug-likeness (QED) is 0.700. The van der Waals surface area contributed by atoms with Crippen LogP contribution in [0.2, 0.25) is 5.02 Å². The van der Waals surface area contributed by atoms with Crippen LogP contribution < -0.4 is 10.6 Å². The Balaban J connectivity index is 1.85. The zero-order valence-electron chi connectivity index (χ0n) is 13.4. The highest BCUT2D eigenvalue weighted by molar-refractivity contribution is 6.30. The van der Waals surface area contributed by atoms with Crippen molar-refractivity contribution in [3.8, 4) is 6.07 Å². The van der Waals surface area contributed by atoms with Crippen LogP contribution in [-0.2, 0) is 6.54 Å². The number of hydrogen-bond donors (Lipinski definition) is 2. The summed E-state index contributed by atoms with van der Waals surface area (Å²) in [6.45, 7) is 1.61. The lowest BCUT2D eigenvalue weighted by Crippen LogP contribution is -2.15. The molecule has 24 heavy (non-hydrogen) atoms. The van der Waals surface area contributed by atoms with Gasteiger partial charge in [0.05, 0.1) is 6.07 Å². The van der Waals surface area contributed by atoms with Gasteiger partial charge >= 0.3 is 0 Å². The van der Waals surface area contributed by atoms with Crippen molar-refractivity contribution >= 4 is 23.2 Å². The van der Waals surface area contributed by atoms with Crippen molar-refractivity contribution in [3.63, 3.8) is 0 Å². The molecule has 0 bridgehead atoms. The number of carbonyl (C=O) groups is 1. The second-order valence-corrected chi connectivity index (χ2v) is 5.89. The maximum atomic E-state index is 12.2. The van der Waals surface area contributed by atoms with Crippen molar-refractivity contribution in [1.29, 1.82) is 5.26 Å². The predicted molar refractivity (Wildman–Crippen MR) is 97.0 cm³/mol. The molecule has 2 rings (SSSR count). The molecule has 0 aliphatic carbocycles. The Morgan fingerprint density at radius 2 is 1.92 bits per heavy atom.